The second kappa shape index (κ2) is 3.23. The molecule has 64 valence electrons. The van der Waals surface area contributed by atoms with Crippen molar-refractivity contribution in [3.8, 4) is 0 Å². The molecule has 2 nitrogen and oxygen atoms in total. The summed E-state index contributed by atoms with van der Waals surface area (Å²) in [5.41, 5.74) is 7.05. The topological polar surface area (TPSA) is 38.9 Å². The maximum atomic E-state index is 5.71. The molecule has 1 aliphatic rings. The molecule has 2 N–H and O–H groups in total. The third-order valence-corrected chi connectivity index (χ3v) is 2.52. The second-order valence-corrected chi connectivity index (χ2v) is 3.66. The summed E-state index contributed by atoms with van der Waals surface area (Å²) >= 11 is 0. The quantitative estimate of drug-likeness (QED) is 0.713. The molecule has 0 bridgehead atoms. The molecule has 1 fully saturated rings. The van der Waals surface area contributed by atoms with Gasteiger partial charge in [0.05, 0.1) is 0 Å². The maximum absolute atomic E-state index is 5.71. The van der Waals surface area contributed by atoms with Crippen molar-refractivity contribution in [3.63, 3.8) is 0 Å². The summed E-state index contributed by atoms with van der Waals surface area (Å²) in [5, 5.41) is 0. The van der Waals surface area contributed by atoms with E-state index in [0.717, 1.165) is 12.3 Å². The van der Waals surface area contributed by atoms with Crippen LogP contribution in [0.15, 0.2) is 24.5 Å². The highest BCUT2D eigenvalue weighted by Gasteiger charge is 2.25. The fraction of sp³-hybridized carbons (Fsp3) is 0.500. The summed E-state index contributed by atoms with van der Waals surface area (Å²) < 4.78 is 0. The van der Waals surface area contributed by atoms with Crippen LogP contribution in [-0.2, 0) is 6.42 Å². The van der Waals surface area contributed by atoms with Crippen molar-refractivity contribution in [1.29, 1.82) is 0 Å². The van der Waals surface area contributed by atoms with Crippen molar-refractivity contribution in [1.82, 2.24) is 4.98 Å². The first-order valence-corrected chi connectivity index (χ1v) is 4.49. The molecule has 1 heterocycles. The van der Waals surface area contributed by atoms with E-state index in [1.165, 1.54) is 18.4 Å². The largest absolute Gasteiger partial charge is 0.328 e. The van der Waals surface area contributed by atoms with E-state index in [2.05, 4.69) is 11.1 Å². The molecule has 1 aliphatic carbocycles. The minimum Gasteiger partial charge on any atom is -0.328 e. The standard InChI is InChI=1S/C10H14N2/c11-10-5-9(6-10)4-8-2-1-3-12-7-8/h1-3,7,9-10H,4-6,11H2. The summed E-state index contributed by atoms with van der Waals surface area (Å²) in [7, 11) is 0. The van der Waals surface area contributed by atoms with Gasteiger partial charge < -0.3 is 5.73 Å². The summed E-state index contributed by atoms with van der Waals surface area (Å²) in [6.07, 6.45) is 7.30. The molecule has 0 unspecified atom stereocenters. The van der Waals surface area contributed by atoms with E-state index in [9.17, 15) is 0 Å². The Morgan fingerprint density at radius 3 is 2.92 bits per heavy atom. The molecule has 1 saturated carbocycles. The number of hydrogen-bond donors (Lipinski definition) is 1. The molecule has 0 radical (unpaired) electrons. The molecule has 0 aromatic carbocycles. The molecule has 1 aromatic heterocycles. The van der Waals surface area contributed by atoms with Crippen LogP contribution in [0.2, 0.25) is 0 Å². The van der Waals surface area contributed by atoms with Gasteiger partial charge in [0, 0.05) is 18.4 Å². The molecule has 0 spiro atoms. The first-order valence-electron chi connectivity index (χ1n) is 4.49. The highest BCUT2D eigenvalue weighted by Crippen LogP contribution is 2.28. The molecule has 2 rings (SSSR count). The van der Waals surface area contributed by atoms with Crippen LogP contribution < -0.4 is 5.73 Å². The molecule has 0 atom stereocenters. The van der Waals surface area contributed by atoms with Crippen LogP contribution in [0.25, 0.3) is 0 Å². The van der Waals surface area contributed by atoms with Crippen molar-refractivity contribution < 1.29 is 0 Å². The Morgan fingerprint density at radius 2 is 2.33 bits per heavy atom. The first kappa shape index (κ1) is 7.74. The van der Waals surface area contributed by atoms with Crippen molar-refractivity contribution in [2.24, 2.45) is 11.7 Å². The van der Waals surface area contributed by atoms with Crippen LogP contribution in [0.4, 0.5) is 0 Å². The molecule has 0 saturated heterocycles. The zero-order chi connectivity index (χ0) is 8.39. The van der Waals surface area contributed by atoms with Crippen LogP contribution in [-0.4, -0.2) is 11.0 Å². The molecular formula is C10H14N2. The van der Waals surface area contributed by atoms with Crippen molar-refractivity contribution in [2.75, 3.05) is 0 Å². The fourth-order valence-electron chi connectivity index (χ4n) is 1.81. The van der Waals surface area contributed by atoms with Gasteiger partial charge in [0.2, 0.25) is 0 Å². The molecule has 0 amide bonds. The normalized spacial score (nSPS) is 28.1. The number of hydrogen-bond acceptors (Lipinski definition) is 2. The zero-order valence-electron chi connectivity index (χ0n) is 7.11. The molecular weight excluding hydrogens is 148 g/mol. The molecule has 12 heavy (non-hydrogen) atoms. The van der Waals surface area contributed by atoms with Gasteiger partial charge >= 0.3 is 0 Å². The Balaban J connectivity index is 1.88. The van der Waals surface area contributed by atoms with Crippen molar-refractivity contribution in [2.45, 2.75) is 25.3 Å². The Hall–Kier alpha value is -0.890. The summed E-state index contributed by atoms with van der Waals surface area (Å²) in [6, 6.07) is 4.59. The third-order valence-electron chi connectivity index (χ3n) is 2.52. The number of nitrogens with zero attached hydrogens (tertiary/aromatic N) is 1. The van der Waals surface area contributed by atoms with Gasteiger partial charge in [-0.2, -0.15) is 0 Å². The Bertz CT molecular complexity index is 239. The Labute approximate surface area is 72.8 Å². The Morgan fingerprint density at radius 1 is 1.50 bits per heavy atom. The van der Waals surface area contributed by atoms with Crippen LogP contribution in [0, 0.1) is 5.92 Å². The summed E-state index contributed by atoms with van der Waals surface area (Å²) in [6.45, 7) is 0. The minimum atomic E-state index is 0.465. The van der Waals surface area contributed by atoms with E-state index in [0.29, 0.717) is 6.04 Å². The molecule has 2 heteroatoms. The van der Waals surface area contributed by atoms with E-state index >= 15 is 0 Å². The zero-order valence-corrected chi connectivity index (χ0v) is 7.11. The van der Waals surface area contributed by atoms with Gasteiger partial charge in [-0.05, 0) is 36.8 Å². The summed E-state index contributed by atoms with van der Waals surface area (Å²) in [4.78, 5) is 4.08. The maximum Gasteiger partial charge on any atom is 0.0299 e. The van der Waals surface area contributed by atoms with Crippen LogP contribution >= 0.6 is 0 Å². The van der Waals surface area contributed by atoms with E-state index in [1.54, 1.807) is 0 Å². The minimum absolute atomic E-state index is 0.465. The van der Waals surface area contributed by atoms with Gasteiger partial charge in [0.1, 0.15) is 0 Å². The van der Waals surface area contributed by atoms with E-state index in [1.807, 2.05) is 18.5 Å². The number of nitrogens with two attached hydrogens (primary N) is 1. The lowest BCUT2D eigenvalue weighted by Crippen LogP contribution is -2.37. The van der Waals surface area contributed by atoms with Gasteiger partial charge in [0.25, 0.3) is 0 Å². The van der Waals surface area contributed by atoms with Gasteiger partial charge in [-0.3, -0.25) is 4.98 Å². The first-order chi connectivity index (χ1) is 5.84. The lowest BCUT2D eigenvalue weighted by molar-refractivity contribution is 0.264. The van der Waals surface area contributed by atoms with Crippen LogP contribution in [0.5, 0.6) is 0 Å². The van der Waals surface area contributed by atoms with Crippen LogP contribution in [0.1, 0.15) is 18.4 Å². The third kappa shape index (κ3) is 1.64. The average molecular weight is 162 g/mol. The number of pyridine rings is 1. The highest BCUT2D eigenvalue weighted by molar-refractivity contribution is 5.10. The lowest BCUT2D eigenvalue weighted by Gasteiger charge is -2.32. The summed E-state index contributed by atoms with van der Waals surface area (Å²) in [5.74, 6) is 0.809. The molecule has 0 aliphatic heterocycles. The predicted octanol–water partition coefficient (Wildman–Crippen LogP) is 1.36. The highest BCUT2D eigenvalue weighted by atomic mass is 14.7. The van der Waals surface area contributed by atoms with Gasteiger partial charge in [-0.1, -0.05) is 6.07 Å². The van der Waals surface area contributed by atoms with Gasteiger partial charge in [-0.15, -0.1) is 0 Å². The van der Waals surface area contributed by atoms with Crippen molar-refractivity contribution >= 4 is 0 Å². The monoisotopic (exact) mass is 162 g/mol. The van der Waals surface area contributed by atoms with Gasteiger partial charge in [0.15, 0.2) is 0 Å². The number of aromatic nitrogens is 1. The van der Waals surface area contributed by atoms with Crippen molar-refractivity contribution in [3.05, 3.63) is 30.1 Å². The fourth-order valence-corrected chi connectivity index (χ4v) is 1.81. The number of rotatable bonds is 2. The van der Waals surface area contributed by atoms with Gasteiger partial charge in [-0.25, -0.2) is 0 Å². The van der Waals surface area contributed by atoms with E-state index < -0.39 is 0 Å². The Kier molecular flexibility index (Phi) is 2.09. The van der Waals surface area contributed by atoms with E-state index in [4.69, 9.17) is 5.73 Å². The van der Waals surface area contributed by atoms with E-state index in [-0.39, 0.29) is 0 Å². The molecule has 1 aromatic rings. The average Bonchev–Trinajstić information content (AvgIpc) is 2.04. The second-order valence-electron chi connectivity index (χ2n) is 3.66. The smallest absolute Gasteiger partial charge is 0.0299 e. The SMILES string of the molecule is NC1CC(Cc2cccnc2)C1. The lowest BCUT2D eigenvalue weighted by atomic mass is 9.77. The predicted molar refractivity (Wildman–Crippen MR) is 48.6 cm³/mol. The van der Waals surface area contributed by atoms with Crippen LogP contribution in [0.3, 0.4) is 0 Å².